The molecule has 1 aliphatic rings. The molecule has 0 fully saturated rings. The minimum atomic E-state index is -0.563. The summed E-state index contributed by atoms with van der Waals surface area (Å²) in [6.45, 7) is 4.99. The second-order valence-electron chi connectivity index (χ2n) is 6.52. The molecule has 0 saturated heterocycles. The molecule has 2 rings (SSSR count). The number of fused-ring (bicyclic) bond motifs is 1. The van der Waals surface area contributed by atoms with Gasteiger partial charge >= 0.3 is 0 Å². The largest absolute Gasteiger partial charge is 0.477 e. The lowest BCUT2D eigenvalue weighted by atomic mass is 10.2. The highest BCUT2D eigenvalue weighted by Crippen LogP contribution is 2.33. The Labute approximate surface area is 155 Å². The van der Waals surface area contributed by atoms with E-state index in [0.717, 1.165) is 31.6 Å². The number of amides is 1. The van der Waals surface area contributed by atoms with E-state index in [1.54, 1.807) is 0 Å². The van der Waals surface area contributed by atoms with Crippen molar-refractivity contribution in [1.29, 1.82) is 0 Å². The zero-order valence-electron chi connectivity index (χ0n) is 15.3. The van der Waals surface area contributed by atoms with E-state index in [4.69, 9.17) is 17.0 Å². The van der Waals surface area contributed by atoms with Crippen LogP contribution in [0.4, 0.5) is 5.69 Å². The number of ether oxygens (including phenoxy) is 1. The number of para-hydroxylation sites is 2. The quantitative estimate of drug-likeness (QED) is 0.476. The van der Waals surface area contributed by atoms with E-state index in [2.05, 4.69) is 24.7 Å². The number of carbonyl (C=O) groups is 1. The molecule has 0 saturated carbocycles. The highest BCUT2D eigenvalue weighted by molar-refractivity contribution is 7.80. The molecule has 0 unspecified atom stereocenters. The van der Waals surface area contributed by atoms with Crippen molar-refractivity contribution in [2.75, 3.05) is 45.2 Å². The fourth-order valence-corrected chi connectivity index (χ4v) is 2.93. The summed E-state index contributed by atoms with van der Waals surface area (Å²) in [5, 5.41) is 6.84. The van der Waals surface area contributed by atoms with Crippen molar-refractivity contribution in [2.45, 2.75) is 25.9 Å². The molecule has 1 amide bonds. The summed E-state index contributed by atoms with van der Waals surface area (Å²) in [5.74, 6) is 0.590. The summed E-state index contributed by atoms with van der Waals surface area (Å²) in [6.07, 6.45) is 1.37. The zero-order valence-corrected chi connectivity index (χ0v) is 16.1. The van der Waals surface area contributed by atoms with Crippen LogP contribution in [0.25, 0.3) is 0 Å². The molecular formula is C18H29N4O2S+. The van der Waals surface area contributed by atoms with E-state index in [9.17, 15) is 4.79 Å². The van der Waals surface area contributed by atoms with Crippen LogP contribution >= 0.6 is 12.2 Å². The maximum atomic E-state index is 12.3. The number of carbonyl (C=O) groups excluding carboxylic acids is 1. The van der Waals surface area contributed by atoms with Crippen LogP contribution in [0.5, 0.6) is 5.75 Å². The van der Waals surface area contributed by atoms with E-state index in [1.165, 1.54) is 4.90 Å². The Hall–Kier alpha value is -1.86. The van der Waals surface area contributed by atoms with E-state index in [0.29, 0.717) is 24.0 Å². The molecule has 25 heavy (non-hydrogen) atoms. The molecule has 3 N–H and O–H groups in total. The van der Waals surface area contributed by atoms with E-state index < -0.39 is 6.10 Å². The third kappa shape index (κ3) is 5.57. The third-order valence-electron chi connectivity index (χ3n) is 3.99. The van der Waals surface area contributed by atoms with Crippen molar-refractivity contribution in [3.8, 4) is 5.75 Å². The smallest absolute Gasteiger partial charge is 0.262 e. The highest BCUT2D eigenvalue weighted by atomic mass is 32.1. The summed E-state index contributed by atoms with van der Waals surface area (Å²) in [5.41, 5.74) is 0.901. The molecule has 1 atom stereocenters. The Kier molecular flexibility index (Phi) is 7.46. The number of nitrogens with one attached hydrogen (secondary N) is 3. The predicted octanol–water partition coefficient (Wildman–Crippen LogP) is 0.189. The maximum absolute atomic E-state index is 12.3. The summed E-state index contributed by atoms with van der Waals surface area (Å²) in [6, 6.07) is 7.69. The van der Waals surface area contributed by atoms with Crippen molar-refractivity contribution in [2.24, 2.45) is 0 Å². The number of nitrogens with zero attached hydrogens (tertiary/aromatic N) is 1. The van der Waals surface area contributed by atoms with Crippen LogP contribution in [0.2, 0.25) is 0 Å². The van der Waals surface area contributed by atoms with E-state index >= 15 is 0 Å². The first-order valence-electron chi connectivity index (χ1n) is 8.90. The molecule has 6 nitrogen and oxygen atoms in total. The summed E-state index contributed by atoms with van der Waals surface area (Å²) in [4.78, 5) is 15.7. The molecular weight excluding hydrogens is 336 g/mol. The lowest BCUT2D eigenvalue weighted by Gasteiger charge is -2.35. The number of hydrogen-bond donors (Lipinski definition) is 3. The lowest BCUT2D eigenvalue weighted by molar-refractivity contribution is -0.858. The molecule has 7 heteroatoms. The van der Waals surface area contributed by atoms with Crippen LogP contribution in [0.15, 0.2) is 24.3 Å². The first-order chi connectivity index (χ1) is 12.0. The van der Waals surface area contributed by atoms with Gasteiger partial charge in [-0.3, -0.25) is 4.79 Å². The van der Waals surface area contributed by atoms with Gasteiger partial charge in [0.15, 0.2) is 11.2 Å². The van der Waals surface area contributed by atoms with E-state index in [1.807, 2.05) is 36.1 Å². The molecule has 0 aromatic heterocycles. The predicted molar refractivity (Wildman–Crippen MR) is 104 cm³/mol. The highest BCUT2D eigenvalue weighted by Gasteiger charge is 2.32. The zero-order chi connectivity index (χ0) is 18.2. The second kappa shape index (κ2) is 9.58. The van der Waals surface area contributed by atoms with E-state index in [-0.39, 0.29) is 5.91 Å². The van der Waals surface area contributed by atoms with Gasteiger partial charge < -0.3 is 25.2 Å². The maximum Gasteiger partial charge on any atom is 0.262 e. The number of thiocarbonyl (C=S) groups is 1. The Morgan fingerprint density at radius 2 is 2.08 bits per heavy atom. The van der Waals surface area contributed by atoms with Gasteiger partial charge in [0.05, 0.1) is 32.9 Å². The molecule has 0 spiro atoms. The topological polar surface area (TPSA) is 58.0 Å². The molecule has 1 heterocycles. The fraction of sp³-hybridized carbons (Fsp3) is 0.556. The summed E-state index contributed by atoms with van der Waals surface area (Å²) >= 11 is 5.58. The van der Waals surface area contributed by atoms with Gasteiger partial charge in [0.25, 0.3) is 5.91 Å². The minimum Gasteiger partial charge on any atom is -0.477 e. The first kappa shape index (κ1) is 19.5. The Balaban J connectivity index is 2.04. The Morgan fingerprint density at radius 1 is 1.32 bits per heavy atom. The van der Waals surface area contributed by atoms with Gasteiger partial charge in [-0.2, -0.15) is 0 Å². The van der Waals surface area contributed by atoms with Gasteiger partial charge in [-0.15, -0.1) is 0 Å². The van der Waals surface area contributed by atoms with Crippen molar-refractivity contribution >= 4 is 28.9 Å². The average Bonchev–Trinajstić information content (AvgIpc) is 2.61. The molecule has 0 radical (unpaired) electrons. The molecule has 1 aliphatic heterocycles. The van der Waals surface area contributed by atoms with Crippen molar-refractivity contribution in [3.63, 3.8) is 0 Å². The lowest BCUT2D eigenvalue weighted by Crippen LogP contribution is -3.05. The number of rotatable bonds is 7. The van der Waals surface area contributed by atoms with Crippen molar-refractivity contribution in [1.82, 2.24) is 10.6 Å². The minimum absolute atomic E-state index is 0.0969. The number of benzene rings is 1. The van der Waals surface area contributed by atoms with Crippen LogP contribution in [0, 0.1) is 0 Å². The van der Waals surface area contributed by atoms with Gasteiger partial charge in [-0.25, -0.2) is 0 Å². The molecule has 138 valence electrons. The van der Waals surface area contributed by atoms with Crippen molar-refractivity contribution < 1.29 is 14.4 Å². The molecule has 0 aliphatic carbocycles. The van der Waals surface area contributed by atoms with Gasteiger partial charge in [0.2, 0.25) is 0 Å². The third-order valence-corrected chi connectivity index (χ3v) is 4.35. The Morgan fingerprint density at radius 3 is 2.80 bits per heavy atom. The van der Waals surface area contributed by atoms with Crippen LogP contribution in [0.3, 0.4) is 0 Å². The van der Waals surface area contributed by atoms with Crippen LogP contribution < -0.4 is 25.2 Å². The number of quaternary nitrogens is 1. The summed E-state index contributed by atoms with van der Waals surface area (Å²) in [7, 11) is 4.27. The second-order valence-corrected chi connectivity index (χ2v) is 6.91. The monoisotopic (exact) mass is 365 g/mol. The van der Waals surface area contributed by atoms with Crippen molar-refractivity contribution in [3.05, 3.63) is 24.3 Å². The fourth-order valence-electron chi connectivity index (χ4n) is 2.66. The van der Waals surface area contributed by atoms with Gasteiger partial charge in [0.1, 0.15) is 5.75 Å². The standard InChI is InChI=1S/C18H28N4O2S/c1-4-10-19-17(23)16-13-22(14-8-5-6-9-15(14)24-16)18(25)20-11-7-12-21(2)3/h5-6,8-9,16H,4,7,10-13H2,1-3H3,(H,19,23)(H,20,25)/p+1/t16-/m0/s1. The molecule has 1 aromatic rings. The SMILES string of the molecule is CCCNC(=O)[C@@H]1CN(C(=S)NCCC[NH+](C)C)c2ccccc2O1. The normalized spacial score (nSPS) is 16.2. The van der Waals surface area contributed by atoms with Gasteiger partial charge in [0, 0.05) is 19.5 Å². The number of anilines is 1. The molecule has 1 aromatic carbocycles. The van der Waals surface area contributed by atoms with Crippen LogP contribution in [0.1, 0.15) is 19.8 Å². The first-order valence-corrected chi connectivity index (χ1v) is 9.31. The van der Waals surface area contributed by atoms with Gasteiger partial charge in [-0.1, -0.05) is 19.1 Å². The molecule has 0 bridgehead atoms. The van der Waals surface area contributed by atoms with Crippen LogP contribution in [-0.4, -0.2) is 57.4 Å². The average molecular weight is 366 g/mol. The van der Waals surface area contributed by atoms with Crippen LogP contribution in [-0.2, 0) is 4.79 Å². The number of hydrogen-bond acceptors (Lipinski definition) is 3. The Bertz CT molecular complexity index is 594. The summed E-state index contributed by atoms with van der Waals surface area (Å²) < 4.78 is 5.88. The van der Waals surface area contributed by atoms with Gasteiger partial charge in [-0.05, 0) is 30.8 Å².